The van der Waals surface area contributed by atoms with E-state index < -0.39 is 12.1 Å². The number of para-hydroxylation sites is 2. The highest BCUT2D eigenvalue weighted by atomic mass is 35.5. The van der Waals surface area contributed by atoms with Gasteiger partial charge in [0.25, 0.3) is 5.56 Å². The maximum atomic E-state index is 13.5. The third-order valence-electron chi connectivity index (χ3n) is 5.61. The van der Waals surface area contributed by atoms with Gasteiger partial charge in [-0.05, 0) is 56.3 Å². The number of fused-ring (bicyclic) bond motifs is 2. The largest absolute Gasteiger partial charge is 0.478 e. The first-order valence-electron chi connectivity index (χ1n) is 11.6. The van der Waals surface area contributed by atoms with Crippen molar-refractivity contribution in [1.29, 1.82) is 0 Å². The van der Waals surface area contributed by atoms with E-state index in [-0.39, 0.29) is 18.0 Å². The number of hydrogen-bond acceptors (Lipinski definition) is 7. The fourth-order valence-corrected chi connectivity index (χ4v) is 4.01. The van der Waals surface area contributed by atoms with Crippen molar-refractivity contribution in [3.8, 4) is 17.3 Å². The van der Waals surface area contributed by atoms with Crippen LogP contribution in [0.15, 0.2) is 87.1 Å². The highest BCUT2D eigenvalue weighted by Gasteiger charge is 2.19. The Balaban J connectivity index is 1.62. The van der Waals surface area contributed by atoms with Crippen LogP contribution in [0.3, 0.4) is 0 Å². The molecule has 8 nitrogen and oxygen atoms in total. The van der Waals surface area contributed by atoms with Gasteiger partial charge in [0.15, 0.2) is 11.9 Å². The number of ether oxygens (including phenoxy) is 2. The summed E-state index contributed by atoms with van der Waals surface area (Å²) in [5.41, 5.74) is 1.26. The van der Waals surface area contributed by atoms with Crippen LogP contribution in [0.25, 0.3) is 33.5 Å². The normalized spacial score (nSPS) is 12.3. The Kier molecular flexibility index (Phi) is 6.74. The Morgan fingerprint density at radius 1 is 1.14 bits per heavy atom. The van der Waals surface area contributed by atoms with Gasteiger partial charge in [0, 0.05) is 16.0 Å². The van der Waals surface area contributed by atoms with Crippen molar-refractivity contribution in [3.63, 3.8) is 0 Å². The fourth-order valence-electron chi connectivity index (χ4n) is 3.83. The average Bonchev–Trinajstić information content (AvgIpc) is 3.34. The van der Waals surface area contributed by atoms with Gasteiger partial charge in [-0.15, -0.1) is 0 Å². The number of hydrogen-bond donors (Lipinski definition) is 0. The summed E-state index contributed by atoms with van der Waals surface area (Å²) in [6.45, 7) is 3.55. The summed E-state index contributed by atoms with van der Waals surface area (Å²) in [6, 6.07) is 21.2. The molecule has 0 aliphatic carbocycles. The summed E-state index contributed by atoms with van der Waals surface area (Å²) in [5, 5.41) is 6.16. The number of aromatic nitrogens is 2. The molecule has 0 unspecified atom stereocenters. The van der Waals surface area contributed by atoms with Crippen molar-refractivity contribution in [2.75, 3.05) is 6.61 Å². The zero-order chi connectivity index (χ0) is 25.9. The number of nitrogens with zero attached hydrogens (tertiary/aromatic N) is 3. The molecule has 0 aliphatic heterocycles. The van der Waals surface area contributed by atoms with Gasteiger partial charge in [-0.1, -0.05) is 41.9 Å². The first-order valence-corrected chi connectivity index (χ1v) is 12.0. The monoisotopic (exact) mass is 515 g/mol. The molecule has 0 aliphatic rings. The average molecular weight is 516 g/mol. The molecule has 9 heteroatoms. The zero-order valence-corrected chi connectivity index (χ0v) is 20.8. The van der Waals surface area contributed by atoms with Crippen molar-refractivity contribution in [2.24, 2.45) is 5.10 Å². The molecular weight excluding hydrogens is 494 g/mol. The summed E-state index contributed by atoms with van der Waals surface area (Å²) in [4.78, 5) is 30.3. The molecule has 3 aromatic carbocycles. The number of benzene rings is 3. The Hall–Kier alpha value is -4.43. The molecule has 0 saturated carbocycles. The number of halogens is 1. The van der Waals surface area contributed by atoms with E-state index in [0.717, 1.165) is 5.39 Å². The summed E-state index contributed by atoms with van der Waals surface area (Å²) in [7, 11) is 0. The second-order valence-electron chi connectivity index (χ2n) is 8.16. The molecule has 5 aromatic rings. The van der Waals surface area contributed by atoms with Crippen LogP contribution in [0.4, 0.5) is 0 Å². The lowest BCUT2D eigenvalue weighted by Gasteiger charge is -2.15. The van der Waals surface area contributed by atoms with Gasteiger partial charge < -0.3 is 13.9 Å². The van der Waals surface area contributed by atoms with Crippen LogP contribution in [0, 0.1) is 0 Å². The minimum atomic E-state index is -0.857. The lowest BCUT2D eigenvalue weighted by atomic mass is 10.2. The SMILES string of the molecule is CCOC(=O)[C@@H](C)Oc1ccc(Cl)cc1C=Nn1c(-c2cc3ccccc3o2)nc2ccccc2c1=O. The van der Waals surface area contributed by atoms with Gasteiger partial charge in [0.2, 0.25) is 5.82 Å². The maximum absolute atomic E-state index is 13.5. The van der Waals surface area contributed by atoms with Crippen LogP contribution in [-0.4, -0.2) is 34.6 Å². The molecule has 2 aromatic heterocycles. The first-order chi connectivity index (χ1) is 17.9. The molecule has 5 rings (SSSR count). The maximum Gasteiger partial charge on any atom is 0.347 e. The summed E-state index contributed by atoms with van der Waals surface area (Å²) < 4.78 is 18.0. The van der Waals surface area contributed by atoms with Crippen molar-refractivity contribution in [2.45, 2.75) is 20.0 Å². The van der Waals surface area contributed by atoms with Gasteiger partial charge >= 0.3 is 5.97 Å². The van der Waals surface area contributed by atoms with E-state index in [1.54, 1.807) is 50.2 Å². The van der Waals surface area contributed by atoms with E-state index in [9.17, 15) is 9.59 Å². The van der Waals surface area contributed by atoms with E-state index in [1.165, 1.54) is 10.9 Å². The third-order valence-corrected chi connectivity index (χ3v) is 5.84. The van der Waals surface area contributed by atoms with Gasteiger partial charge in [0.05, 0.1) is 23.7 Å². The van der Waals surface area contributed by atoms with E-state index in [4.69, 9.17) is 25.5 Å². The van der Waals surface area contributed by atoms with Crippen molar-refractivity contribution in [1.82, 2.24) is 9.66 Å². The topological polar surface area (TPSA) is 95.9 Å². The Labute approximate surface area is 216 Å². The number of carbonyl (C=O) groups excluding carboxylic acids is 1. The molecule has 0 N–H and O–H groups in total. The third kappa shape index (κ3) is 4.96. The van der Waals surface area contributed by atoms with Gasteiger partial charge in [-0.2, -0.15) is 9.78 Å². The lowest BCUT2D eigenvalue weighted by molar-refractivity contribution is -0.150. The standard InChI is InChI=1S/C28H22ClN3O5/c1-3-35-28(34)17(2)36-24-13-12-20(29)14-19(24)16-30-32-26(25-15-18-8-4-7-11-23(18)37-25)31-22-10-6-5-9-21(22)27(32)33/h4-17H,3H2,1-2H3/t17-/m1/s1. The van der Waals surface area contributed by atoms with Crippen LogP contribution >= 0.6 is 11.6 Å². The van der Waals surface area contributed by atoms with Crippen molar-refractivity contribution in [3.05, 3.63) is 93.7 Å². The second kappa shape index (κ2) is 10.3. The Bertz CT molecular complexity index is 1670. The van der Waals surface area contributed by atoms with Gasteiger partial charge in [0.1, 0.15) is 11.3 Å². The molecule has 0 radical (unpaired) electrons. The molecule has 0 spiro atoms. The second-order valence-corrected chi connectivity index (χ2v) is 8.59. The molecule has 0 fully saturated rings. The quantitative estimate of drug-likeness (QED) is 0.204. The predicted molar refractivity (Wildman–Crippen MR) is 142 cm³/mol. The Morgan fingerprint density at radius 2 is 1.92 bits per heavy atom. The summed E-state index contributed by atoms with van der Waals surface area (Å²) >= 11 is 6.22. The molecule has 0 saturated heterocycles. The number of furan rings is 1. The van der Waals surface area contributed by atoms with Crippen LogP contribution in [0.1, 0.15) is 19.4 Å². The highest BCUT2D eigenvalue weighted by Crippen LogP contribution is 2.28. The number of rotatable bonds is 7. The molecule has 1 atom stereocenters. The number of carbonyl (C=O) groups is 1. The van der Waals surface area contributed by atoms with Crippen LogP contribution in [0.5, 0.6) is 5.75 Å². The summed E-state index contributed by atoms with van der Waals surface area (Å²) in [6.07, 6.45) is 0.577. The molecule has 186 valence electrons. The zero-order valence-electron chi connectivity index (χ0n) is 20.1. The molecule has 2 heterocycles. The number of esters is 1. The van der Waals surface area contributed by atoms with Crippen molar-refractivity contribution < 1.29 is 18.7 Å². The van der Waals surface area contributed by atoms with Crippen LogP contribution in [-0.2, 0) is 9.53 Å². The minimum Gasteiger partial charge on any atom is -0.478 e. The van der Waals surface area contributed by atoms with E-state index in [0.29, 0.717) is 38.6 Å². The van der Waals surface area contributed by atoms with Crippen LogP contribution < -0.4 is 10.3 Å². The predicted octanol–water partition coefficient (Wildman–Crippen LogP) is 5.68. The van der Waals surface area contributed by atoms with E-state index in [2.05, 4.69) is 10.1 Å². The summed E-state index contributed by atoms with van der Waals surface area (Å²) in [5.74, 6) is 0.475. The van der Waals surface area contributed by atoms with Crippen LogP contribution in [0.2, 0.25) is 5.02 Å². The first kappa shape index (κ1) is 24.3. The van der Waals surface area contributed by atoms with E-state index in [1.807, 2.05) is 36.4 Å². The van der Waals surface area contributed by atoms with Gasteiger partial charge in [-0.3, -0.25) is 4.79 Å². The highest BCUT2D eigenvalue weighted by molar-refractivity contribution is 6.30. The Morgan fingerprint density at radius 3 is 2.73 bits per heavy atom. The molecular formula is C28H22ClN3O5. The molecule has 37 heavy (non-hydrogen) atoms. The van der Waals surface area contributed by atoms with Gasteiger partial charge in [-0.25, -0.2) is 9.78 Å². The molecule has 0 bridgehead atoms. The lowest BCUT2D eigenvalue weighted by Crippen LogP contribution is -2.26. The van der Waals surface area contributed by atoms with Crippen molar-refractivity contribution >= 4 is 45.7 Å². The van der Waals surface area contributed by atoms with E-state index >= 15 is 0 Å². The molecule has 0 amide bonds. The fraction of sp³-hybridized carbons (Fsp3) is 0.143. The smallest absolute Gasteiger partial charge is 0.347 e. The minimum absolute atomic E-state index is 0.237.